The largest absolute Gasteiger partial charge is 0.398 e. The summed E-state index contributed by atoms with van der Waals surface area (Å²) in [5.41, 5.74) is 13.6. The topological polar surface area (TPSA) is 29.3 Å². The van der Waals surface area contributed by atoms with Crippen molar-refractivity contribution >= 4 is 11.4 Å². The number of hydrogen-bond donors (Lipinski definition) is 1. The minimum Gasteiger partial charge on any atom is -0.398 e. The van der Waals surface area contributed by atoms with E-state index in [1.807, 2.05) is 12.1 Å². The van der Waals surface area contributed by atoms with Gasteiger partial charge < -0.3 is 10.6 Å². The average Bonchev–Trinajstić information content (AvgIpc) is 2.78. The van der Waals surface area contributed by atoms with Crippen molar-refractivity contribution in [2.24, 2.45) is 0 Å². The van der Waals surface area contributed by atoms with E-state index in [1.54, 1.807) is 0 Å². The van der Waals surface area contributed by atoms with E-state index >= 15 is 0 Å². The number of aryl methyl sites for hydroxylation is 2. The highest BCUT2D eigenvalue weighted by atomic mass is 15.1. The van der Waals surface area contributed by atoms with Crippen LogP contribution in [0.5, 0.6) is 0 Å². The van der Waals surface area contributed by atoms with Crippen molar-refractivity contribution in [1.29, 1.82) is 0 Å². The zero-order chi connectivity index (χ0) is 12.7. The predicted molar refractivity (Wildman–Crippen MR) is 76.7 cm³/mol. The highest BCUT2D eigenvalue weighted by molar-refractivity contribution is 5.60. The van der Waals surface area contributed by atoms with Gasteiger partial charge in [0.2, 0.25) is 0 Å². The number of benzene rings is 2. The number of nitrogens with zero attached hydrogens (tertiary/aromatic N) is 1. The Morgan fingerprint density at radius 2 is 1.83 bits per heavy atom. The van der Waals surface area contributed by atoms with Crippen LogP contribution >= 0.6 is 0 Å². The van der Waals surface area contributed by atoms with Crippen molar-refractivity contribution in [3.05, 3.63) is 58.7 Å². The van der Waals surface area contributed by atoms with E-state index in [0.717, 1.165) is 18.8 Å². The van der Waals surface area contributed by atoms with Crippen molar-refractivity contribution in [2.75, 3.05) is 10.6 Å². The van der Waals surface area contributed by atoms with Gasteiger partial charge in [0, 0.05) is 24.5 Å². The number of fused-ring (bicyclic) bond motifs is 1. The Hall–Kier alpha value is -1.96. The summed E-state index contributed by atoms with van der Waals surface area (Å²) in [7, 11) is 0. The van der Waals surface area contributed by atoms with Crippen molar-refractivity contribution in [2.45, 2.75) is 26.9 Å². The third-order valence-corrected chi connectivity index (χ3v) is 3.88. The third-order valence-electron chi connectivity index (χ3n) is 3.88. The first-order valence-electron chi connectivity index (χ1n) is 6.33. The van der Waals surface area contributed by atoms with Gasteiger partial charge in [0.05, 0.1) is 0 Å². The van der Waals surface area contributed by atoms with Gasteiger partial charge in [0.15, 0.2) is 0 Å². The number of hydrogen-bond acceptors (Lipinski definition) is 2. The Morgan fingerprint density at radius 1 is 1.00 bits per heavy atom. The highest BCUT2D eigenvalue weighted by Gasteiger charge is 2.20. The molecule has 0 atom stereocenters. The molecule has 1 aliphatic rings. The molecule has 1 heterocycles. The molecule has 0 saturated carbocycles. The molecule has 0 aliphatic carbocycles. The minimum absolute atomic E-state index is 0.916. The quantitative estimate of drug-likeness (QED) is 0.771. The second kappa shape index (κ2) is 4.05. The Labute approximate surface area is 108 Å². The average molecular weight is 238 g/mol. The maximum Gasteiger partial charge on any atom is 0.0457 e. The number of anilines is 2. The number of rotatable bonds is 1. The Morgan fingerprint density at radius 3 is 2.56 bits per heavy atom. The molecule has 3 rings (SSSR count). The monoisotopic (exact) mass is 238 g/mol. The summed E-state index contributed by atoms with van der Waals surface area (Å²) in [6, 6.07) is 12.9. The minimum atomic E-state index is 0.916. The number of nitrogens with two attached hydrogens (primary N) is 1. The third kappa shape index (κ3) is 1.74. The van der Waals surface area contributed by atoms with Gasteiger partial charge in [-0.05, 0) is 54.3 Å². The van der Waals surface area contributed by atoms with Gasteiger partial charge >= 0.3 is 0 Å². The summed E-state index contributed by atoms with van der Waals surface area (Å²) in [4.78, 5) is 2.38. The fraction of sp³-hybridized carbons (Fsp3) is 0.250. The van der Waals surface area contributed by atoms with Gasteiger partial charge in [-0.2, -0.15) is 0 Å². The summed E-state index contributed by atoms with van der Waals surface area (Å²) >= 11 is 0. The van der Waals surface area contributed by atoms with Gasteiger partial charge in [0.1, 0.15) is 0 Å². The Kier molecular flexibility index (Phi) is 2.51. The smallest absolute Gasteiger partial charge is 0.0457 e. The predicted octanol–water partition coefficient (Wildman–Crippen LogP) is 3.41. The molecule has 2 aromatic rings. The molecular weight excluding hydrogens is 220 g/mol. The molecule has 2 heteroatoms. The van der Waals surface area contributed by atoms with Crippen molar-refractivity contribution in [3.8, 4) is 0 Å². The van der Waals surface area contributed by atoms with Gasteiger partial charge in [-0.3, -0.25) is 0 Å². The lowest BCUT2D eigenvalue weighted by atomic mass is 10.1. The molecule has 0 saturated heterocycles. The van der Waals surface area contributed by atoms with E-state index in [4.69, 9.17) is 5.73 Å². The first-order valence-corrected chi connectivity index (χ1v) is 6.33. The van der Waals surface area contributed by atoms with Crippen LogP contribution in [0, 0.1) is 13.8 Å². The summed E-state index contributed by atoms with van der Waals surface area (Å²) in [6.45, 7) is 6.19. The van der Waals surface area contributed by atoms with E-state index < -0.39 is 0 Å². The number of nitrogen functional groups attached to an aromatic ring is 1. The van der Waals surface area contributed by atoms with E-state index in [2.05, 4.69) is 43.0 Å². The maximum absolute atomic E-state index is 6.04. The highest BCUT2D eigenvalue weighted by Crippen LogP contribution is 2.32. The summed E-state index contributed by atoms with van der Waals surface area (Å²) in [6.07, 6.45) is 0. The molecule has 2 nitrogen and oxygen atoms in total. The van der Waals surface area contributed by atoms with Gasteiger partial charge in [-0.1, -0.05) is 18.2 Å². The van der Waals surface area contributed by atoms with E-state index in [1.165, 1.54) is 27.9 Å². The molecule has 0 aromatic heterocycles. The zero-order valence-corrected chi connectivity index (χ0v) is 10.9. The maximum atomic E-state index is 6.04. The SMILES string of the molecule is Cc1ccc(N2Cc3cccc(N)c3C2)cc1C. The zero-order valence-electron chi connectivity index (χ0n) is 10.9. The van der Waals surface area contributed by atoms with Crippen molar-refractivity contribution in [1.82, 2.24) is 0 Å². The molecule has 18 heavy (non-hydrogen) atoms. The van der Waals surface area contributed by atoms with E-state index in [-0.39, 0.29) is 0 Å². The molecule has 0 amide bonds. The summed E-state index contributed by atoms with van der Waals surface area (Å²) in [5.74, 6) is 0. The molecule has 0 radical (unpaired) electrons. The normalized spacial score (nSPS) is 13.8. The molecule has 2 aromatic carbocycles. The van der Waals surface area contributed by atoms with Crippen LogP contribution in [0.2, 0.25) is 0 Å². The molecule has 2 N–H and O–H groups in total. The van der Waals surface area contributed by atoms with Crippen LogP contribution in [0.15, 0.2) is 36.4 Å². The Bertz CT molecular complexity index is 602. The van der Waals surface area contributed by atoms with Crippen LogP contribution in [0.1, 0.15) is 22.3 Å². The van der Waals surface area contributed by atoms with Crippen molar-refractivity contribution < 1.29 is 0 Å². The first-order chi connectivity index (χ1) is 8.65. The molecule has 0 bridgehead atoms. The molecule has 0 spiro atoms. The van der Waals surface area contributed by atoms with Gasteiger partial charge in [0.25, 0.3) is 0 Å². The lowest BCUT2D eigenvalue weighted by Crippen LogP contribution is -2.14. The van der Waals surface area contributed by atoms with Crippen LogP contribution in [-0.2, 0) is 13.1 Å². The van der Waals surface area contributed by atoms with Crippen LogP contribution in [0.4, 0.5) is 11.4 Å². The van der Waals surface area contributed by atoms with Gasteiger partial charge in [-0.15, -0.1) is 0 Å². The fourth-order valence-electron chi connectivity index (χ4n) is 2.55. The van der Waals surface area contributed by atoms with Crippen LogP contribution in [0.25, 0.3) is 0 Å². The summed E-state index contributed by atoms with van der Waals surface area (Å²) in [5, 5.41) is 0. The Balaban J connectivity index is 1.94. The first kappa shape index (κ1) is 11.1. The van der Waals surface area contributed by atoms with E-state index in [0.29, 0.717) is 0 Å². The second-order valence-electron chi connectivity index (χ2n) is 5.11. The fourth-order valence-corrected chi connectivity index (χ4v) is 2.55. The molecule has 1 aliphatic heterocycles. The molecular formula is C16H18N2. The molecule has 0 unspecified atom stereocenters. The van der Waals surface area contributed by atoms with Crippen LogP contribution < -0.4 is 10.6 Å². The van der Waals surface area contributed by atoms with Crippen LogP contribution in [0.3, 0.4) is 0 Å². The molecule has 92 valence electrons. The summed E-state index contributed by atoms with van der Waals surface area (Å²) < 4.78 is 0. The van der Waals surface area contributed by atoms with Gasteiger partial charge in [-0.25, -0.2) is 0 Å². The molecule has 0 fully saturated rings. The van der Waals surface area contributed by atoms with Crippen LogP contribution in [-0.4, -0.2) is 0 Å². The lowest BCUT2D eigenvalue weighted by Gasteiger charge is -2.19. The second-order valence-corrected chi connectivity index (χ2v) is 5.11. The van der Waals surface area contributed by atoms with Crippen molar-refractivity contribution in [3.63, 3.8) is 0 Å². The van der Waals surface area contributed by atoms with E-state index in [9.17, 15) is 0 Å². The standard InChI is InChI=1S/C16H18N2/c1-11-6-7-14(8-12(11)2)18-9-13-4-3-5-16(17)15(13)10-18/h3-8H,9-10,17H2,1-2H3. The lowest BCUT2D eigenvalue weighted by molar-refractivity contribution is 0.879.